The molecule has 2 heterocycles. The van der Waals surface area contributed by atoms with Crippen molar-refractivity contribution in [2.45, 2.75) is 0 Å². The Morgan fingerprint density at radius 2 is 1.72 bits per heavy atom. The first-order valence-electron chi connectivity index (χ1n) is 9.98. The standard InChI is InChI=1S/C22H22N4O5S/c1-30-17-8-9-18(31-2)21-20(17)23-22(32-21)25-13-11-24(12-14-25)19(27)10-5-15-3-6-16(7-4-15)26(28)29/h3-10H,11-14H2,1-2H3/b10-5-. The number of carbonyl (C=O) groups is 1. The highest BCUT2D eigenvalue weighted by atomic mass is 32.1. The summed E-state index contributed by atoms with van der Waals surface area (Å²) in [5.41, 5.74) is 1.53. The van der Waals surface area contributed by atoms with Gasteiger partial charge in [0.25, 0.3) is 5.69 Å². The van der Waals surface area contributed by atoms with Gasteiger partial charge in [-0.25, -0.2) is 4.98 Å². The smallest absolute Gasteiger partial charge is 0.269 e. The number of piperazine rings is 1. The van der Waals surface area contributed by atoms with E-state index in [0.29, 0.717) is 31.9 Å². The molecule has 166 valence electrons. The van der Waals surface area contributed by atoms with Gasteiger partial charge in [-0.3, -0.25) is 14.9 Å². The molecule has 9 nitrogen and oxygen atoms in total. The van der Waals surface area contributed by atoms with Crippen molar-refractivity contribution < 1.29 is 19.2 Å². The van der Waals surface area contributed by atoms with Gasteiger partial charge in [0.2, 0.25) is 5.91 Å². The number of rotatable bonds is 6. The van der Waals surface area contributed by atoms with Crippen LogP contribution in [0.15, 0.2) is 42.5 Å². The Bertz CT molecular complexity index is 1130. The predicted octanol–water partition coefficient (Wildman–Crippen LogP) is 3.58. The normalized spacial score (nSPS) is 14.2. The molecule has 0 atom stereocenters. The van der Waals surface area contributed by atoms with Crippen LogP contribution < -0.4 is 14.4 Å². The van der Waals surface area contributed by atoms with Crippen molar-refractivity contribution >= 4 is 44.4 Å². The largest absolute Gasteiger partial charge is 0.495 e. The summed E-state index contributed by atoms with van der Waals surface area (Å²) in [6.45, 7) is 2.49. The number of amides is 1. The van der Waals surface area contributed by atoms with Crippen molar-refractivity contribution in [3.63, 3.8) is 0 Å². The Morgan fingerprint density at radius 3 is 2.34 bits per heavy atom. The first kappa shape index (κ1) is 21.6. The second-order valence-corrected chi connectivity index (χ2v) is 8.12. The molecule has 1 aliphatic rings. The molecule has 1 aliphatic heterocycles. The van der Waals surface area contributed by atoms with E-state index in [9.17, 15) is 14.9 Å². The average Bonchev–Trinajstić information content (AvgIpc) is 3.28. The lowest BCUT2D eigenvalue weighted by atomic mass is 10.2. The number of benzene rings is 2. The molecular weight excluding hydrogens is 432 g/mol. The van der Waals surface area contributed by atoms with Crippen LogP contribution in [0.5, 0.6) is 11.5 Å². The van der Waals surface area contributed by atoms with Crippen LogP contribution in [0.3, 0.4) is 0 Å². The summed E-state index contributed by atoms with van der Waals surface area (Å²) in [7, 11) is 3.25. The fourth-order valence-corrected chi connectivity index (χ4v) is 4.63. The van der Waals surface area contributed by atoms with Crippen LogP contribution in [0.2, 0.25) is 0 Å². The van der Waals surface area contributed by atoms with Crippen molar-refractivity contribution in [2.75, 3.05) is 45.3 Å². The van der Waals surface area contributed by atoms with Crippen LogP contribution in [0.4, 0.5) is 10.8 Å². The van der Waals surface area contributed by atoms with Gasteiger partial charge in [0.15, 0.2) is 5.13 Å². The van der Waals surface area contributed by atoms with Gasteiger partial charge in [0.05, 0.1) is 19.1 Å². The summed E-state index contributed by atoms with van der Waals surface area (Å²) < 4.78 is 11.8. The SMILES string of the molecule is COc1ccc(OC)c2sc(N3CCN(C(=O)/C=C\c4ccc([N+](=O)[O-])cc4)CC3)nc12. The molecule has 1 amide bonds. The maximum absolute atomic E-state index is 12.6. The van der Waals surface area contributed by atoms with E-state index in [1.807, 2.05) is 12.1 Å². The summed E-state index contributed by atoms with van der Waals surface area (Å²) >= 11 is 1.55. The van der Waals surface area contributed by atoms with Gasteiger partial charge < -0.3 is 19.3 Å². The predicted molar refractivity (Wildman–Crippen MR) is 124 cm³/mol. The van der Waals surface area contributed by atoms with E-state index < -0.39 is 4.92 Å². The number of aromatic nitrogens is 1. The number of fused-ring (bicyclic) bond motifs is 1. The fourth-order valence-electron chi connectivity index (χ4n) is 3.51. The molecule has 0 spiro atoms. The van der Waals surface area contributed by atoms with Crippen LogP contribution in [-0.4, -0.2) is 61.1 Å². The monoisotopic (exact) mass is 454 g/mol. The number of ether oxygens (including phenoxy) is 2. The van der Waals surface area contributed by atoms with Crippen molar-refractivity contribution in [3.8, 4) is 11.5 Å². The van der Waals surface area contributed by atoms with Crippen molar-refractivity contribution in [2.24, 2.45) is 0 Å². The van der Waals surface area contributed by atoms with Crippen LogP contribution >= 0.6 is 11.3 Å². The number of non-ortho nitro benzene ring substituents is 1. The highest BCUT2D eigenvalue weighted by molar-refractivity contribution is 7.22. The zero-order chi connectivity index (χ0) is 22.7. The third-order valence-electron chi connectivity index (χ3n) is 5.28. The zero-order valence-corrected chi connectivity index (χ0v) is 18.5. The molecule has 0 N–H and O–H groups in total. The molecule has 0 aliphatic carbocycles. The summed E-state index contributed by atoms with van der Waals surface area (Å²) in [5.74, 6) is 1.37. The molecule has 0 bridgehead atoms. The van der Waals surface area contributed by atoms with E-state index in [4.69, 9.17) is 14.5 Å². The van der Waals surface area contributed by atoms with Crippen LogP contribution in [0, 0.1) is 10.1 Å². The fraction of sp³-hybridized carbons (Fsp3) is 0.273. The number of nitro benzene ring substituents is 1. The van der Waals surface area contributed by atoms with Gasteiger partial charge in [0, 0.05) is 44.4 Å². The molecule has 2 aromatic carbocycles. The summed E-state index contributed by atoms with van der Waals surface area (Å²) in [6, 6.07) is 9.80. The minimum Gasteiger partial charge on any atom is -0.495 e. The average molecular weight is 455 g/mol. The van der Waals surface area contributed by atoms with E-state index >= 15 is 0 Å². The zero-order valence-electron chi connectivity index (χ0n) is 17.7. The molecule has 10 heteroatoms. The lowest BCUT2D eigenvalue weighted by Gasteiger charge is -2.34. The molecular formula is C22H22N4O5S. The maximum Gasteiger partial charge on any atom is 0.269 e. The third kappa shape index (κ3) is 4.35. The molecule has 1 fully saturated rings. The Balaban J connectivity index is 1.40. The number of nitrogens with zero attached hydrogens (tertiary/aromatic N) is 4. The van der Waals surface area contributed by atoms with Gasteiger partial charge in [-0.1, -0.05) is 11.3 Å². The summed E-state index contributed by atoms with van der Waals surface area (Å²) in [5, 5.41) is 11.6. The van der Waals surface area contributed by atoms with E-state index in [2.05, 4.69) is 4.90 Å². The third-order valence-corrected chi connectivity index (χ3v) is 6.41. The van der Waals surface area contributed by atoms with Gasteiger partial charge in [-0.15, -0.1) is 0 Å². The molecule has 0 saturated carbocycles. The molecule has 0 radical (unpaired) electrons. The quantitative estimate of drug-likeness (QED) is 0.319. The first-order chi connectivity index (χ1) is 15.5. The Hall–Kier alpha value is -3.66. The van der Waals surface area contributed by atoms with Gasteiger partial charge in [-0.2, -0.15) is 0 Å². The summed E-state index contributed by atoms with van der Waals surface area (Å²) in [4.78, 5) is 31.6. The number of hydrogen-bond donors (Lipinski definition) is 0. The minimum absolute atomic E-state index is 0.0229. The lowest BCUT2D eigenvalue weighted by molar-refractivity contribution is -0.384. The Labute approximate surface area is 188 Å². The first-order valence-corrected chi connectivity index (χ1v) is 10.8. The number of hydrogen-bond acceptors (Lipinski definition) is 8. The maximum atomic E-state index is 12.6. The number of anilines is 1. The van der Waals surface area contributed by atoms with Crippen molar-refractivity contribution in [3.05, 3.63) is 58.2 Å². The Morgan fingerprint density at radius 1 is 1.06 bits per heavy atom. The van der Waals surface area contributed by atoms with E-state index in [1.165, 1.54) is 18.2 Å². The number of thiazole rings is 1. The highest BCUT2D eigenvalue weighted by Crippen LogP contribution is 2.40. The molecule has 0 unspecified atom stereocenters. The molecule has 1 aromatic heterocycles. The van der Waals surface area contributed by atoms with Crippen LogP contribution in [0.25, 0.3) is 16.3 Å². The van der Waals surface area contributed by atoms with Gasteiger partial charge in [-0.05, 0) is 35.9 Å². The highest BCUT2D eigenvalue weighted by Gasteiger charge is 2.23. The number of carbonyl (C=O) groups excluding carboxylic acids is 1. The van der Waals surface area contributed by atoms with Crippen LogP contribution in [0.1, 0.15) is 5.56 Å². The topological polar surface area (TPSA) is 98.0 Å². The summed E-state index contributed by atoms with van der Waals surface area (Å²) in [6.07, 6.45) is 3.18. The van der Waals surface area contributed by atoms with Crippen molar-refractivity contribution in [1.29, 1.82) is 0 Å². The molecule has 4 rings (SSSR count). The second kappa shape index (κ2) is 9.23. The number of methoxy groups -OCH3 is 2. The van der Waals surface area contributed by atoms with Gasteiger partial charge >= 0.3 is 0 Å². The number of nitro groups is 1. The molecule has 1 saturated heterocycles. The second-order valence-electron chi connectivity index (χ2n) is 7.14. The van der Waals surface area contributed by atoms with E-state index in [-0.39, 0.29) is 11.6 Å². The Kier molecular flexibility index (Phi) is 6.22. The molecule has 3 aromatic rings. The lowest BCUT2D eigenvalue weighted by Crippen LogP contribution is -2.48. The van der Waals surface area contributed by atoms with Crippen LogP contribution in [-0.2, 0) is 4.79 Å². The minimum atomic E-state index is -0.449. The molecule has 32 heavy (non-hydrogen) atoms. The van der Waals surface area contributed by atoms with Gasteiger partial charge in [0.1, 0.15) is 21.7 Å². The van der Waals surface area contributed by atoms with Crippen molar-refractivity contribution in [1.82, 2.24) is 9.88 Å². The van der Waals surface area contributed by atoms with E-state index in [1.54, 1.807) is 48.7 Å². The van der Waals surface area contributed by atoms with E-state index in [0.717, 1.165) is 26.7 Å².